The largest absolute Gasteiger partial charge is 0.491 e. The first kappa shape index (κ1) is 17.0. The van der Waals surface area contributed by atoms with Gasteiger partial charge in [0.1, 0.15) is 11.6 Å². The van der Waals surface area contributed by atoms with Gasteiger partial charge in [-0.15, -0.1) is 0 Å². The van der Waals surface area contributed by atoms with Gasteiger partial charge in [0.2, 0.25) is 5.91 Å². The zero-order chi connectivity index (χ0) is 16.8. The Kier molecular flexibility index (Phi) is 5.74. The lowest BCUT2D eigenvalue weighted by Gasteiger charge is -2.16. The van der Waals surface area contributed by atoms with E-state index < -0.39 is 0 Å². The van der Waals surface area contributed by atoms with Crippen LogP contribution in [0.4, 0.5) is 4.39 Å². The molecule has 1 unspecified atom stereocenters. The van der Waals surface area contributed by atoms with E-state index in [0.717, 1.165) is 11.3 Å². The molecule has 2 aromatic carbocycles. The van der Waals surface area contributed by atoms with Gasteiger partial charge >= 0.3 is 0 Å². The maximum absolute atomic E-state index is 13.6. The first-order chi connectivity index (χ1) is 11.0. The summed E-state index contributed by atoms with van der Waals surface area (Å²) in [4.78, 5) is 12.1. The summed E-state index contributed by atoms with van der Waals surface area (Å²) in [7, 11) is 0. The van der Waals surface area contributed by atoms with Crippen LogP contribution in [-0.2, 0) is 11.2 Å². The van der Waals surface area contributed by atoms with Crippen LogP contribution in [0.3, 0.4) is 0 Å². The van der Waals surface area contributed by atoms with Gasteiger partial charge in [-0.2, -0.15) is 0 Å². The minimum atomic E-state index is -0.356. The number of halogens is 1. The summed E-state index contributed by atoms with van der Waals surface area (Å²) in [6.07, 6.45) is 0.157. The Bertz CT molecular complexity index is 653. The highest BCUT2D eigenvalue weighted by molar-refractivity contribution is 5.79. The van der Waals surface area contributed by atoms with Crippen LogP contribution < -0.4 is 10.1 Å². The van der Waals surface area contributed by atoms with E-state index in [4.69, 9.17) is 4.74 Å². The molecule has 0 aliphatic heterocycles. The van der Waals surface area contributed by atoms with E-state index in [0.29, 0.717) is 5.56 Å². The van der Waals surface area contributed by atoms with Crippen LogP contribution in [0.15, 0.2) is 48.5 Å². The van der Waals surface area contributed by atoms with Gasteiger partial charge in [-0.05, 0) is 50.1 Å². The lowest BCUT2D eigenvalue weighted by atomic mass is 10.1. The number of carbonyl (C=O) groups excluding carboxylic acids is 1. The van der Waals surface area contributed by atoms with Crippen molar-refractivity contribution in [2.75, 3.05) is 0 Å². The number of benzene rings is 2. The van der Waals surface area contributed by atoms with Crippen LogP contribution in [0.2, 0.25) is 0 Å². The third-order valence-electron chi connectivity index (χ3n) is 3.44. The quantitative estimate of drug-likeness (QED) is 0.874. The van der Waals surface area contributed by atoms with E-state index in [1.165, 1.54) is 6.07 Å². The lowest BCUT2D eigenvalue weighted by molar-refractivity contribution is -0.121. The van der Waals surface area contributed by atoms with Crippen LogP contribution >= 0.6 is 0 Å². The average Bonchev–Trinajstić information content (AvgIpc) is 2.49. The first-order valence-corrected chi connectivity index (χ1v) is 7.75. The van der Waals surface area contributed by atoms with Crippen molar-refractivity contribution in [1.82, 2.24) is 5.32 Å². The molecule has 0 bridgehead atoms. The molecule has 23 heavy (non-hydrogen) atoms. The molecule has 3 nitrogen and oxygen atoms in total. The van der Waals surface area contributed by atoms with Crippen LogP contribution in [0.1, 0.15) is 37.9 Å². The number of amides is 1. The fourth-order valence-electron chi connectivity index (χ4n) is 2.30. The highest BCUT2D eigenvalue weighted by atomic mass is 19.1. The number of nitrogens with one attached hydrogen (secondary N) is 1. The minimum absolute atomic E-state index is 0.0333. The summed E-state index contributed by atoms with van der Waals surface area (Å²) in [5, 5.41) is 2.89. The minimum Gasteiger partial charge on any atom is -0.491 e. The smallest absolute Gasteiger partial charge is 0.225 e. The average molecular weight is 315 g/mol. The van der Waals surface area contributed by atoms with E-state index in [1.54, 1.807) is 18.2 Å². The molecule has 1 N–H and O–H groups in total. The molecule has 2 rings (SSSR count). The fraction of sp³-hybridized carbons (Fsp3) is 0.316. The third-order valence-corrected chi connectivity index (χ3v) is 3.44. The molecule has 0 radical (unpaired) electrons. The summed E-state index contributed by atoms with van der Waals surface area (Å²) in [6, 6.07) is 13.8. The standard InChI is InChI=1S/C19H22FNO2/c1-13(2)23-17-10-8-15(9-11-17)14(3)21-19(22)12-16-6-4-5-7-18(16)20/h4-11,13-14H,12H2,1-3H3,(H,21,22). The van der Waals surface area contributed by atoms with Gasteiger partial charge < -0.3 is 10.1 Å². The molecule has 1 atom stereocenters. The Labute approximate surface area is 136 Å². The van der Waals surface area contributed by atoms with Gasteiger partial charge in [0.25, 0.3) is 0 Å². The summed E-state index contributed by atoms with van der Waals surface area (Å²) in [5.74, 6) is 0.240. The summed E-state index contributed by atoms with van der Waals surface area (Å²) < 4.78 is 19.2. The van der Waals surface area contributed by atoms with Gasteiger partial charge in [0.05, 0.1) is 18.6 Å². The normalized spacial score (nSPS) is 12.0. The van der Waals surface area contributed by atoms with Gasteiger partial charge in [-0.25, -0.2) is 4.39 Å². The third kappa shape index (κ3) is 5.09. The molecule has 0 aliphatic rings. The Hall–Kier alpha value is -2.36. The number of carbonyl (C=O) groups is 1. The van der Waals surface area contributed by atoms with Crippen LogP contribution in [0.5, 0.6) is 5.75 Å². The van der Waals surface area contributed by atoms with Crippen LogP contribution in [0.25, 0.3) is 0 Å². The fourth-order valence-corrected chi connectivity index (χ4v) is 2.30. The van der Waals surface area contributed by atoms with Crippen molar-refractivity contribution in [1.29, 1.82) is 0 Å². The SMILES string of the molecule is CC(C)Oc1ccc(C(C)NC(=O)Cc2ccccc2F)cc1. The van der Waals surface area contributed by atoms with E-state index in [9.17, 15) is 9.18 Å². The van der Waals surface area contributed by atoms with Crippen molar-refractivity contribution in [2.24, 2.45) is 0 Å². The van der Waals surface area contributed by atoms with Crippen molar-refractivity contribution < 1.29 is 13.9 Å². The summed E-state index contributed by atoms with van der Waals surface area (Å²) in [6.45, 7) is 5.84. The maximum Gasteiger partial charge on any atom is 0.225 e. The molecule has 0 fully saturated rings. The number of hydrogen-bond acceptors (Lipinski definition) is 2. The second kappa shape index (κ2) is 7.77. The molecule has 0 heterocycles. The molecule has 0 aromatic heterocycles. The van der Waals surface area contributed by atoms with E-state index in [1.807, 2.05) is 45.0 Å². The second-order valence-electron chi connectivity index (χ2n) is 5.79. The number of ether oxygens (including phenoxy) is 1. The molecular formula is C19H22FNO2. The predicted molar refractivity (Wildman–Crippen MR) is 88.9 cm³/mol. The number of rotatable bonds is 6. The zero-order valence-electron chi connectivity index (χ0n) is 13.7. The monoisotopic (exact) mass is 315 g/mol. The highest BCUT2D eigenvalue weighted by Crippen LogP contribution is 2.19. The zero-order valence-corrected chi connectivity index (χ0v) is 13.7. The molecule has 0 aliphatic carbocycles. The first-order valence-electron chi connectivity index (χ1n) is 7.75. The molecule has 0 saturated heterocycles. The Morgan fingerprint density at radius 1 is 1.09 bits per heavy atom. The van der Waals surface area contributed by atoms with Gasteiger partial charge in [-0.1, -0.05) is 30.3 Å². The second-order valence-corrected chi connectivity index (χ2v) is 5.79. The van der Waals surface area contributed by atoms with Gasteiger partial charge in [0, 0.05) is 0 Å². The van der Waals surface area contributed by atoms with Gasteiger partial charge in [-0.3, -0.25) is 4.79 Å². The van der Waals surface area contributed by atoms with E-state index >= 15 is 0 Å². The Balaban J connectivity index is 1.94. The lowest BCUT2D eigenvalue weighted by Crippen LogP contribution is -2.28. The molecular weight excluding hydrogens is 293 g/mol. The molecule has 2 aromatic rings. The van der Waals surface area contributed by atoms with E-state index in [2.05, 4.69) is 5.32 Å². The summed E-state index contributed by atoms with van der Waals surface area (Å²) >= 11 is 0. The molecule has 0 spiro atoms. The van der Waals surface area contributed by atoms with Crippen molar-refractivity contribution in [3.63, 3.8) is 0 Å². The maximum atomic E-state index is 13.6. The topological polar surface area (TPSA) is 38.3 Å². The van der Waals surface area contributed by atoms with Crippen LogP contribution in [-0.4, -0.2) is 12.0 Å². The summed E-state index contributed by atoms with van der Waals surface area (Å²) in [5.41, 5.74) is 1.38. The van der Waals surface area contributed by atoms with E-state index in [-0.39, 0.29) is 30.3 Å². The van der Waals surface area contributed by atoms with Crippen LogP contribution in [0, 0.1) is 5.82 Å². The Morgan fingerprint density at radius 2 is 1.74 bits per heavy atom. The predicted octanol–water partition coefficient (Wildman–Crippen LogP) is 4.03. The van der Waals surface area contributed by atoms with Crippen molar-refractivity contribution in [3.05, 3.63) is 65.5 Å². The Morgan fingerprint density at radius 3 is 2.35 bits per heavy atom. The number of hydrogen-bond donors (Lipinski definition) is 1. The van der Waals surface area contributed by atoms with Gasteiger partial charge in [0.15, 0.2) is 0 Å². The molecule has 4 heteroatoms. The molecule has 1 amide bonds. The van der Waals surface area contributed by atoms with Crippen molar-refractivity contribution in [3.8, 4) is 5.75 Å². The van der Waals surface area contributed by atoms with Crippen molar-refractivity contribution in [2.45, 2.75) is 39.3 Å². The van der Waals surface area contributed by atoms with Crippen molar-refractivity contribution >= 4 is 5.91 Å². The molecule has 122 valence electrons. The molecule has 0 saturated carbocycles. The highest BCUT2D eigenvalue weighted by Gasteiger charge is 2.12.